The molecule has 0 fully saturated rings. The van der Waals surface area contributed by atoms with Crippen molar-refractivity contribution >= 4 is 17.5 Å². The monoisotopic (exact) mass is 284 g/mol. The molecule has 1 rings (SSSR count). The second-order valence-corrected chi connectivity index (χ2v) is 4.85. The molecular weight excluding hydrogens is 264 g/mol. The Morgan fingerprint density at radius 2 is 2.11 bits per heavy atom. The maximum Gasteiger partial charge on any atom is 0.221 e. The van der Waals surface area contributed by atoms with Crippen LogP contribution >= 0.6 is 11.6 Å². The second-order valence-electron chi connectivity index (χ2n) is 4.48. The molecule has 1 amide bonds. The van der Waals surface area contributed by atoms with Gasteiger partial charge < -0.3 is 15.0 Å². The zero-order chi connectivity index (χ0) is 14.1. The smallest absolute Gasteiger partial charge is 0.221 e. The molecule has 0 radical (unpaired) electrons. The number of benzene rings is 1. The summed E-state index contributed by atoms with van der Waals surface area (Å²) in [5.74, 6) is 1.11. The second kappa shape index (κ2) is 8.77. The molecule has 0 aliphatic carbocycles. The van der Waals surface area contributed by atoms with Crippen molar-refractivity contribution in [2.45, 2.75) is 13.0 Å². The highest BCUT2D eigenvalue weighted by Gasteiger charge is 2.05. The number of rotatable bonds is 8. The standard InChI is InChI=1S/C14H21ClN2O2/c1-17(2)9-10-19-13-6-4-3-5-12(13)11-16-14(18)7-8-15/h3-6H,7-11H2,1-2H3,(H,16,18). The molecule has 1 N–H and O–H groups in total. The first-order chi connectivity index (χ1) is 9.13. The molecule has 1 aromatic carbocycles. The van der Waals surface area contributed by atoms with E-state index in [1.54, 1.807) is 0 Å². The molecular formula is C14H21ClN2O2. The molecule has 4 nitrogen and oxygen atoms in total. The average Bonchev–Trinajstić information content (AvgIpc) is 2.37. The zero-order valence-corrected chi connectivity index (χ0v) is 12.2. The van der Waals surface area contributed by atoms with Gasteiger partial charge in [-0.15, -0.1) is 11.6 Å². The number of amides is 1. The van der Waals surface area contributed by atoms with E-state index in [0.29, 0.717) is 25.5 Å². The van der Waals surface area contributed by atoms with Crippen LogP contribution in [0.15, 0.2) is 24.3 Å². The van der Waals surface area contributed by atoms with Crippen LogP contribution in [0.5, 0.6) is 5.75 Å². The van der Waals surface area contributed by atoms with Crippen LogP contribution in [-0.2, 0) is 11.3 Å². The third-order valence-corrected chi connectivity index (χ3v) is 2.76. The Labute approximate surface area is 119 Å². The summed E-state index contributed by atoms with van der Waals surface area (Å²) in [4.78, 5) is 13.4. The summed E-state index contributed by atoms with van der Waals surface area (Å²) in [5.41, 5.74) is 0.976. The Hall–Kier alpha value is -1.26. The third-order valence-electron chi connectivity index (χ3n) is 2.57. The Morgan fingerprint density at radius 1 is 1.37 bits per heavy atom. The number of likely N-dealkylation sites (N-methyl/N-ethyl adjacent to an activating group) is 1. The third kappa shape index (κ3) is 6.45. The molecule has 5 heteroatoms. The molecule has 0 bridgehead atoms. The lowest BCUT2D eigenvalue weighted by atomic mass is 10.2. The van der Waals surface area contributed by atoms with Crippen LogP contribution < -0.4 is 10.1 Å². The molecule has 0 saturated carbocycles. The molecule has 0 saturated heterocycles. The van der Waals surface area contributed by atoms with E-state index in [9.17, 15) is 4.79 Å². The van der Waals surface area contributed by atoms with Gasteiger partial charge in [0, 0.05) is 31.0 Å². The first kappa shape index (κ1) is 15.8. The van der Waals surface area contributed by atoms with E-state index in [4.69, 9.17) is 16.3 Å². The number of para-hydroxylation sites is 1. The van der Waals surface area contributed by atoms with Gasteiger partial charge in [0.15, 0.2) is 0 Å². The summed E-state index contributed by atoms with van der Waals surface area (Å²) in [6.07, 6.45) is 0.339. The van der Waals surface area contributed by atoms with Gasteiger partial charge >= 0.3 is 0 Å². The van der Waals surface area contributed by atoms with Gasteiger partial charge in [0.25, 0.3) is 0 Å². The number of nitrogens with one attached hydrogen (secondary N) is 1. The Balaban J connectivity index is 2.50. The molecule has 106 valence electrons. The van der Waals surface area contributed by atoms with Crippen molar-refractivity contribution in [3.63, 3.8) is 0 Å². The Morgan fingerprint density at radius 3 is 2.79 bits per heavy atom. The molecule has 0 atom stereocenters. The summed E-state index contributed by atoms with van der Waals surface area (Å²) in [6.45, 7) is 1.94. The fourth-order valence-corrected chi connectivity index (χ4v) is 1.67. The first-order valence-corrected chi connectivity index (χ1v) is 6.85. The lowest BCUT2D eigenvalue weighted by molar-refractivity contribution is -0.120. The average molecular weight is 285 g/mol. The van der Waals surface area contributed by atoms with Gasteiger partial charge in [-0.2, -0.15) is 0 Å². The van der Waals surface area contributed by atoms with Crippen molar-refractivity contribution in [3.8, 4) is 5.75 Å². The van der Waals surface area contributed by atoms with E-state index in [0.717, 1.165) is 17.9 Å². The molecule has 0 heterocycles. The van der Waals surface area contributed by atoms with Gasteiger partial charge in [-0.3, -0.25) is 4.79 Å². The fourth-order valence-electron chi connectivity index (χ4n) is 1.50. The number of carbonyl (C=O) groups is 1. The van der Waals surface area contributed by atoms with Crippen LogP contribution in [0.25, 0.3) is 0 Å². The SMILES string of the molecule is CN(C)CCOc1ccccc1CNC(=O)CCCl. The summed E-state index contributed by atoms with van der Waals surface area (Å²) in [7, 11) is 4.00. The Bertz CT molecular complexity index is 397. The maximum atomic E-state index is 11.4. The van der Waals surface area contributed by atoms with Crippen molar-refractivity contribution in [2.24, 2.45) is 0 Å². The minimum absolute atomic E-state index is 0.0434. The van der Waals surface area contributed by atoms with Gasteiger partial charge in [-0.25, -0.2) is 0 Å². The van der Waals surface area contributed by atoms with Crippen LogP contribution in [0.4, 0.5) is 0 Å². The molecule has 0 aliphatic heterocycles. The highest BCUT2D eigenvalue weighted by molar-refractivity contribution is 6.18. The summed E-state index contributed by atoms with van der Waals surface area (Å²) < 4.78 is 5.72. The van der Waals surface area contributed by atoms with Crippen molar-refractivity contribution in [1.82, 2.24) is 10.2 Å². The molecule has 0 aromatic heterocycles. The minimum Gasteiger partial charge on any atom is -0.492 e. The summed E-state index contributed by atoms with van der Waals surface area (Å²) in [6, 6.07) is 7.72. The highest BCUT2D eigenvalue weighted by atomic mass is 35.5. The Kier molecular flexibility index (Phi) is 7.30. The first-order valence-electron chi connectivity index (χ1n) is 6.31. The maximum absolute atomic E-state index is 11.4. The van der Waals surface area contributed by atoms with Gasteiger partial charge in [0.2, 0.25) is 5.91 Å². The van der Waals surface area contributed by atoms with Crippen molar-refractivity contribution < 1.29 is 9.53 Å². The van der Waals surface area contributed by atoms with Gasteiger partial charge in [-0.05, 0) is 20.2 Å². The van der Waals surface area contributed by atoms with Crippen LogP contribution in [-0.4, -0.2) is 43.9 Å². The number of carbonyl (C=O) groups excluding carboxylic acids is 1. The number of nitrogens with zero attached hydrogens (tertiary/aromatic N) is 1. The lowest BCUT2D eigenvalue weighted by Gasteiger charge is -2.14. The topological polar surface area (TPSA) is 41.6 Å². The number of ether oxygens (including phenoxy) is 1. The minimum atomic E-state index is -0.0434. The quantitative estimate of drug-likeness (QED) is 0.741. The van der Waals surface area contributed by atoms with Gasteiger partial charge in [0.05, 0.1) is 0 Å². The largest absolute Gasteiger partial charge is 0.492 e. The predicted octanol–water partition coefficient (Wildman–Crippen LogP) is 1.87. The molecule has 0 unspecified atom stereocenters. The molecule has 0 aliphatic rings. The van der Waals surface area contributed by atoms with Crippen LogP contribution in [0, 0.1) is 0 Å². The van der Waals surface area contributed by atoms with Crippen molar-refractivity contribution in [2.75, 3.05) is 33.1 Å². The molecule has 19 heavy (non-hydrogen) atoms. The van der Waals surface area contributed by atoms with E-state index >= 15 is 0 Å². The number of hydrogen-bond donors (Lipinski definition) is 1. The van der Waals surface area contributed by atoms with Crippen LogP contribution in [0.3, 0.4) is 0 Å². The van der Waals surface area contributed by atoms with Crippen LogP contribution in [0.1, 0.15) is 12.0 Å². The van der Waals surface area contributed by atoms with Gasteiger partial charge in [0.1, 0.15) is 12.4 Å². The van der Waals surface area contributed by atoms with Crippen molar-refractivity contribution in [1.29, 1.82) is 0 Å². The van der Waals surface area contributed by atoms with E-state index in [1.807, 2.05) is 38.4 Å². The normalized spacial score (nSPS) is 10.5. The van der Waals surface area contributed by atoms with Crippen LogP contribution in [0.2, 0.25) is 0 Å². The number of alkyl halides is 1. The molecule has 0 spiro atoms. The van der Waals surface area contributed by atoms with E-state index < -0.39 is 0 Å². The number of halogens is 1. The zero-order valence-electron chi connectivity index (χ0n) is 11.5. The van der Waals surface area contributed by atoms with E-state index in [1.165, 1.54) is 0 Å². The summed E-state index contributed by atoms with van der Waals surface area (Å²) >= 11 is 5.52. The van der Waals surface area contributed by atoms with Gasteiger partial charge in [-0.1, -0.05) is 18.2 Å². The highest BCUT2D eigenvalue weighted by Crippen LogP contribution is 2.17. The van der Waals surface area contributed by atoms with E-state index in [2.05, 4.69) is 10.2 Å². The number of hydrogen-bond acceptors (Lipinski definition) is 3. The molecule has 1 aromatic rings. The predicted molar refractivity (Wildman–Crippen MR) is 77.7 cm³/mol. The lowest BCUT2D eigenvalue weighted by Crippen LogP contribution is -2.23. The fraction of sp³-hybridized carbons (Fsp3) is 0.500. The summed E-state index contributed by atoms with van der Waals surface area (Å²) in [5, 5.41) is 2.83. The van der Waals surface area contributed by atoms with E-state index in [-0.39, 0.29) is 5.91 Å². The van der Waals surface area contributed by atoms with Crippen molar-refractivity contribution in [3.05, 3.63) is 29.8 Å².